The number of anilines is 2. The summed E-state index contributed by atoms with van der Waals surface area (Å²) in [7, 11) is 0. The highest BCUT2D eigenvalue weighted by Gasteiger charge is 2.19. The highest BCUT2D eigenvalue weighted by Crippen LogP contribution is 2.22. The van der Waals surface area contributed by atoms with Crippen LogP contribution in [0.2, 0.25) is 5.15 Å². The maximum atomic E-state index is 5.90. The molecule has 2 aromatic heterocycles. The van der Waals surface area contributed by atoms with Gasteiger partial charge in [-0.3, -0.25) is 0 Å². The van der Waals surface area contributed by atoms with Crippen molar-refractivity contribution < 1.29 is 0 Å². The van der Waals surface area contributed by atoms with E-state index in [0.717, 1.165) is 24.7 Å². The lowest BCUT2D eigenvalue weighted by Crippen LogP contribution is -2.34. The number of fused-ring (bicyclic) bond motifs is 1. The first-order chi connectivity index (χ1) is 8.22. The van der Waals surface area contributed by atoms with Gasteiger partial charge in [-0.1, -0.05) is 11.6 Å². The minimum Gasteiger partial charge on any atom is -0.399 e. The first kappa shape index (κ1) is 10.3. The molecule has 1 aliphatic heterocycles. The first-order valence-electron chi connectivity index (χ1n) is 5.27. The Bertz CT molecular complexity index is 531. The number of nitrogens with zero attached hydrogens (tertiary/aromatic N) is 5. The highest BCUT2D eigenvalue weighted by atomic mass is 35.5. The van der Waals surface area contributed by atoms with Gasteiger partial charge in [0.2, 0.25) is 0 Å². The zero-order chi connectivity index (χ0) is 11.8. The number of hydrogen-bond acceptors (Lipinski definition) is 5. The maximum absolute atomic E-state index is 5.90. The summed E-state index contributed by atoms with van der Waals surface area (Å²) in [6.07, 6.45) is 1.74. The number of nitrogen functional groups attached to an aromatic ring is 1. The van der Waals surface area contributed by atoms with Gasteiger partial charge in [0.1, 0.15) is 17.3 Å². The number of aromatic nitrogens is 4. The van der Waals surface area contributed by atoms with Crippen LogP contribution in [0, 0.1) is 0 Å². The van der Waals surface area contributed by atoms with Crippen molar-refractivity contribution in [3.8, 4) is 0 Å². The van der Waals surface area contributed by atoms with Gasteiger partial charge in [-0.05, 0) is 6.07 Å². The summed E-state index contributed by atoms with van der Waals surface area (Å²) in [4.78, 5) is 6.36. The van der Waals surface area contributed by atoms with E-state index >= 15 is 0 Å². The number of pyridine rings is 1. The zero-order valence-electron chi connectivity index (χ0n) is 9.04. The molecule has 0 aromatic carbocycles. The molecular formula is C10H11ClN6. The molecule has 88 valence electrons. The van der Waals surface area contributed by atoms with Crippen LogP contribution in [-0.2, 0) is 13.1 Å². The molecule has 0 radical (unpaired) electrons. The van der Waals surface area contributed by atoms with Gasteiger partial charge in [0, 0.05) is 24.8 Å². The van der Waals surface area contributed by atoms with E-state index in [4.69, 9.17) is 17.3 Å². The topological polar surface area (TPSA) is 72.9 Å². The molecule has 0 atom stereocenters. The van der Waals surface area contributed by atoms with E-state index in [1.165, 1.54) is 0 Å². The van der Waals surface area contributed by atoms with Crippen LogP contribution in [0.4, 0.5) is 11.5 Å². The van der Waals surface area contributed by atoms with Crippen molar-refractivity contribution in [3.05, 3.63) is 29.4 Å². The second kappa shape index (κ2) is 3.89. The molecule has 17 heavy (non-hydrogen) atoms. The van der Waals surface area contributed by atoms with Crippen LogP contribution in [0.5, 0.6) is 0 Å². The van der Waals surface area contributed by atoms with Crippen LogP contribution in [0.15, 0.2) is 18.5 Å². The van der Waals surface area contributed by atoms with E-state index in [1.54, 1.807) is 12.4 Å². The Morgan fingerprint density at radius 1 is 1.29 bits per heavy atom. The van der Waals surface area contributed by atoms with Crippen LogP contribution in [0.25, 0.3) is 0 Å². The lowest BCUT2D eigenvalue weighted by molar-refractivity contribution is 0.556. The van der Waals surface area contributed by atoms with Gasteiger partial charge < -0.3 is 15.2 Å². The number of hydrogen-bond donors (Lipinski definition) is 1. The van der Waals surface area contributed by atoms with Gasteiger partial charge in [0.25, 0.3) is 0 Å². The Morgan fingerprint density at radius 2 is 2.18 bits per heavy atom. The molecule has 0 fully saturated rings. The zero-order valence-corrected chi connectivity index (χ0v) is 9.80. The normalized spacial score (nSPS) is 14.8. The van der Waals surface area contributed by atoms with E-state index in [9.17, 15) is 0 Å². The van der Waals surface area contributed by atoms with Crippen molar-refractivity contribution in [2.75, 3.05) is 17.2 Å². The van der Waals surface area contributed by atoms with Crippen LogP contribution >= 0.6 is 11.6 Å². The fraction of sp³-hybridized carbons (Fsp3) is 0.300. The van der Waals surface area contributed by atoms with E-state index in [1.807, 2.05) is 10.6 Å². The van der Waals surface area contributed by atoms with E-state index in [-0.39, 0.29) is 0 Å². The van der Waals surface area contributed by atoms with Crippen molar-refractivity contribution in [2.24, 2.45) is 0 Å². The molecule has 7 heteroatoms. The monoisotopic (exact) mass is 250 g/mol. The van der Waals surface area contributed by atoms with Gasteiger partial charge >= 0.3 is 0 Å². The second-order valence-corrected chi connectivity index (χ2v) is 4.33. The smallest absolute Gasteiger partial charge is 0.152 e. The molecular weight excluding hydrogens is 240 g/mol. The minimum atomic E-state index is 0.409. The maximum Gasteiger partial charge on any atom is 0.152 e. The van der Waals surface area contributed by atoms with Gasteiger partial charge in [-0.25, -0.2) is 4.98 Å². The summed E-state index contributed by atoms with van der Waals surface area (Å²) >= 11 is 5.90. The van der Waals surface area contributed by atoms with Crippen LogP contribution in [0.3, 0.4) is 0 Å². The summed E-state index contributed by atoms with van der Waals surface area (Å²) in [5.41, 5.74) is 6.37. The molecule has 0 saturated carbocycles. The molecule has 0 saturated heterocycles. The summed E-state index contributed by atoms with van der Waals surface area (Å²) in [6.45, 7) is 2.36. The van der Waals surface area contributed by atoms with E-state index in [2.05, 4.69) is 20.1 Å². The van der Waals surface area contributed by atoms with Gasteiger partial charge in [-0.2, -0.15) is 0 Å². The first-order valence-corrected chi connectivity index (χ1v) is 5.65. The molecule has 0 spiro atoms. The van der Waals surface area contributed by atoms with Crippen LogP contribution in [-0.4, -0.2) is 26.3 Å². The van der Waals surface area contributed by atoms with E-state index < -0.39 is 0 Å². The average molecular weight is 251 g/mol. The SMILES string of the molecule is Nc1cc(Cl)nc(N2CCn3cnnc3C2)c1. The van der Waals surface area contributed by atoms with Crippen molar-refractivity contribution in [2.45, 2.75) is 13.1 Å². The van der Waals surface area contributed by atoms with Gasteiger partial charge in [-0.15, -0.1) is 10.2 Å². The molecule has 3 rings (SSSR count). The predicted molar refractivity (Wildman–Crippen MR) is 64.7 cm³/mol. The molecule has 2 N–H and O–H groups in total. The Morgan fingerprint density at radius 3 is 3.00 bits per heavy atom. The van der Waals surface area contributed by atoms with Crippen molar-refractivity contribution in [1.29, 1.82) is 0 Å². The number of halogens is 1. The lowest BCUT2D eigenvalue weighted by Gasteiger charge is -2.28. The molecule has 0 aliphatic carbocycles. The standard InChI is InChI=1S/C10H11ClN6/c11-8-3-7(12)4-9(14-8)16-1-2-17-6-13-15-10(17)5-16/h3-4,6H,1-2,5H2,(H2,12,14). The quantitative estimate of drug-likeness (QED) is 0.763. The third-order valence-electron chi connectivity index (χ3n) is 2.77. The van der Waals surface area contributed by atoms with Crippen molar-refractivity contribution in [1.82, 2.24) is 19.7 Å². The third kappa shape index (κ3) is 1.91. The molecule has 1 aliphatic rings. The summed E-state index contributed by atoms with van der Waals surface area (Å²) in [6, 6.07) is 3.45. The summed E-state index contributed by atoms with van der Waals surface area (Å²) in [5.74, 6) is 1.71. The Balaban J connectivity index is 1.91. The molecule has 0 unspecified atom stereocenters. The highest BCUT2D eigenvalue weighted by molar-refractivity contribution is 6.29. The predicted octanol–water partition coefficient (Wildman–Crippen LogP) is 0.929. The largest absolute Gasteiger partial charge is 0.399 e. The molecule has 0 bridgehead atoms. The molecule has 3 heterocycles. The second-order valence-electron chi connectivity index (χ2n) is 3.94. The Labute approximate surface area is 103 Å². The van der Waals surface area contributed by atoms with Crippen LogP contribution in [0.1, 0.15) is 5.82 Å². The lowest BCUT2D eigenvalue weighted by atomic mass is 10.3. The molecule has 0 amide bonds. The Kier molecular flexibility index (Phi) is 2.36. The van der Waals surface area contributed by atoms with Crippen molar-refractivity contribution >= 4 is 23.1 Å². The number of nitrogens with two attached hydrogens (primary N) is 1. The molecule has 6 nitrogen and oxygen atoms in total. The average Bonchev–Trinajstić information content (AvgIpc) is 2.74. The molecule has 2 aromatic rings. The van der Waals surface area contributed by atoms with E-state index in [0.29, 0.717) is 17.4 Å². The van der Waals surface area contributed by atoms with Gasteiger partial charge in [0.05, 0.1) is 6.54 Å². The van der Waals surface area contributed by atoms with Crippen LogP contribution < -0.4 is 10.6 Å². The third-order valence-corrected chi connectivity index (χ3v) is 2.96. The fourth-order valence-corrected chi connectivity index (χ4v) is 2.14. The minimum absolute atomic E-state index is 0.409. The summed E-state index contributed by atoms with van der Waals surface area (Å²) < 4.78 is 2.03. The van der Waals surface area contributed by atoms with Gasteiger partial charge in [0.15, 0.2) is 5.82 Å². The Hall–Kier alpha value is -1.82. The number of rotatable bonds is 1. The van der Waals surface area contributed by atoms with Crippen molar-refractivity contribution in [3.63, 3.8) is 0 Å². The summed E-state index contributed by atoms with van der Waals surface area (Å²) in [5, 5.41) is 8.35. The fourth-order valence-electron chi connectivity index (χ4n) is 1.93.